The Morgan fingerprint density at radius 3 is 2.74 bits per heavy atom. The molecule has 0 radical (unpaired) electrons. The Hall–Kier alpha value is -2.86. The lowest BCUT2D eigenvalue weighted by Crippen LogP contribution is -2.41. The summed E-state index contributed by atoms with van der Waals surface area (Å²) in [5, 5.41) is 18.4. The molecule has 1 aliphatic rings. The van der Waals surface area contributed by atoms with Gasteiger partial charge in [-0.3, -0.25) is 10.1 Å². The van der Waals surface area contributed by atoms with Gasteiger partial charge < -0.3 is 15.4 Å². The second-order valence-corrected chi connectivity index (χ2v) is 6.69. The quantitative estimate of drug-likeness (QED) is 0.557. The van der Waals surface area contributed by atoms with Crippen LogP contribution >= 0.6 is 0 Å². The number of nitrogens with zero attached hydrogens (tertiary/aromatic N) is 1. The average Bonchev–Trinajstić information content (AvgIpc) is 3.21. The third kappa shape index (κ3) is 4.65. The van der Waals surface area contributed by atoms with Crippen LogP contribution in [0.2, 0.25) is 0 Å². The van der Waals surface area contributed by atoms with E-state index in [0.717, 1.165) is 24.2 Å². The van der Waals surface area contributed by atoms with Crippen LogP contribution < -0.4 is 15.4 Å². The second-order valence-electron chi connectivity index (χ2n) is 6.69. The molecule has 2 aromatic carbocycles. The van der Waals surface area contributed by atoms with E-state index in [1.54, 1.807) is 24.3 Å². The molecule has 1 saturated heterocycles. The largest absolute Gasteiger partial charge is 0.450 e. The Kier molecular flexibility index (Phi) is 6.08. The summed E-state index contributed by atoms with van der Waals surface area (Å²) >= 11 is 0. The number of ether oxygens (including phenoxy) is 1. The lowest BCUT2D eigenvalue weighted by atomic mass is 10.1. The first-order valence-electron chi connectivity index (χ1n) is 9.26. The molecule has 1 heterocycles. The smallest absolute Gasteiger partial charge is 0.311 e. The molecule has 1 unspecified atom stereocenters. The van der Waals surface area contributed by atoms with Crippen LogP contribution in [0.1, 0.15) is 32.3 Å². The molecule has 0 spiro atoms. The van der Waals surface area contributed by atoms with Gasteiger partial charge in [-0.15, -0.1) is 0 Å². The highest BCUT2D eigenvalue weighted by atomic mass is 16.6. The molecule has 6 heteroatoms. The maximum atomic E-state index is 11.4. The van der Waals surface area contributed by atoms with Crippen LogP contribution in [0.5, 0.6) is 11.5 Å². The fraction of sp³-hybridized carbons (Fsp3) is 0.333. The highest BCUT2D eigenvalue weighted by molar-refractivity contribution is 5.68. The maximum Gasteiger partial charge on any atom is 0.311 e. The number of rotatable bonds is 7. The SMILES string of the molecule is C/C=C(\NC(C)[C@@H]1CCCN1)c1ccc([N+](=O)[O-])c(Oc2ccccc2)c1. The van der Waals surface area contributed by atoms with Gasteiger partial charge in [0.25, 0.3) is 0 Å². The summed E-state index contributed by atoms with van der Waals surface area (Å²) in [5.74, 6) is 0.799. The number of allylic oxidation sites excluding steroid dienone is 1. The normalized spacial score (nSPS) is 18.1. The van der Waals surface area contributed by atoms with E-state index in [1.165, 1.54) is 12.5 Å². The van der Waals surface area contributed by atoms with E-state index in [9.17, 15) is 10.1 Å². The van der Waals surface area contributed by atoms with Gasteiger partial charge in [-0.2, -0.15) is 0 Å². The van der Waals surface area contributed by atoms with Crippen LogP contribution in [0, 0.1) is 10.1 Å². The van der Waals surface area contributed by atoms with Gasteiger partial charge in [-0.05, 0) is 57.5 Å². The van der Waals surface area contributed by atoms with E-state index in [2.05, 4.69) is 17.6 Å². The van der Waals surface area contributed by atoms with Crippen molar-refractivity contribution in [3.63, 3.8) is 0 Å². The summed E-state index contributed by atoms with van der Waals surface area (Å²) in [6, 6.07) is 14.8. The van der Waals surface area contributed by atoms with Crippen LogP contribution in [-0.2, 0) is 0 Å². The molecule has 6 nitrogen and oxygen atoms in total. The van der Waals surface area contributed by atoms with Gasteiger partial charge in [0.1, 0.15) is 5.75 Å². The Morgan fingerprint density at radius 2 is 2.11 bits per heavy atom. The van der Waals surface area contributed by atoms with E-state index in [-0.39, 0.29) is 17.5 Å². The highest BCUT2D eigenvalue weighted by Crippen LogP contribution is 2.33. The van der Waals surface area contributed by atoms with E-state index >= 15 is 0 Å². The van der Waals surface area contributed by atoms with E-state index in [1.807, 2.05) is 31.2 Å². The lowest BCUT2D eigenvalue weighted by Gasteiger charge is -2.24. The minimum Gasteiger partial charge on any atom is -0.450 e. The number of hydrogen-bond donors (Lipinski definition) is 2. The summed E-state index contributed by atoms with van der Waals surface area (Å²) in [6.07, 6.45) is 4.32. The van der Waals surface area contributed by atoms with E-state index in [0.29, 0.717) is 11.8 Å². The molecule has 2 atom stereocenters. The Labute approximate surface area is 159 Å². The molecule has 0 aliphatic carbocycles. The zero-order valence-electron chi connectivity index (χ0n) is 15.6. The van der Waals surface area contributed by atoms with Gasteiger partial charge in [-0.1, -0.05) is 24.3 Å². The molecule has 2 aromatic rings. The Bertz CT molecular complexity index is 815. The van der Waals surface area contributed by atoms with Crippen molar-refractivity contribution in [1.82, 2.24) is 10.6 Å². The highest BCUT2D eigenvalue weighted by Gasteiger charge is 2.22. The summed E-state index contributed by atoms with van der Waals surface area (Å²) in [6.45, 7) is 5.16. The Morgan fingerprint density at radius 1 is 1.33 bits per heavy atom. The zero-order valence-corrected chi connectivity index (χ0v) is 15.6. The number of nitrogens with one attached hydrogen (secondary N) is 2. The number of hydrogen-bond acceptors (Lipinski definition) is 5. The van der Waals surface area contributed by atoms with Crippen LogP contribution in [-0.4, -0.2) is 23.6 Å². The zero-order chi connectivity index (χ0) is 19.2. The van der Waals surface area contributed by atoms with Crippen LogP contribution in [0.15, 0.2) is 54.6 Å². The number of nitro benzene ring substituents is 1. The van der Waals surface area contributed by atoms with Gasteiger partial charge in [0.2, 0.25) is 5.75 Å². The fourth-order valence-corrected chi connectivity index (χ4v) is 3.35. The molecule has 3 rings (SSSR count). The molecule has 0 bridgehead atoms. The van der Waals surface area contributed by atoms with Gasteiger partial charge in [0.05, 0.1) is 4.92 Å². The first-order chi connectivity index (χ1) is 13.1. The van der Waals surface area contributed by atoms with Crippen molar-refractivity contribution in [2.24, 2.45) is 0 Å². The molecular formula is C21H25N3O3. The van der Waals surface area contributed by atoms with Crippen molar-refractivity contribution in [1.29, 1.82) is 0 Å². The molecule has 27 heavy (non-hydrogen) atoms. The van der Waals surface area contributed by atoms with Crippen molar-refractivity contribution >= 4 is 11.4 Å². The van der Waals surface area contributed by atoms with Crippen LogP contribution in [0.3, 0.4) is 0 Å². The molecule has 0 saturated carbocycles. The average molecular weight is 367 g/mol. The third-order valence-electron chi connectivity index (χ3n) is 4.81. The van der Waals surface area contributed by atoms with Gasteiger partial charge in [0, 0.05) is 29.4 Å². The van der Waals surface area contributed by atoms with Crippen LogP contribution in [0.4, 0.5) is 5.69 Å². The monoisotopic (exact) mass is 367 g/mol. The first kappa shape index (κ1) is 18.9. The summed E-state index contributed by atoms with van der Waals surface area (Å²) in [5.41, 5.74) is 1.74. The van der Waals surface area contributed by atoms with Crippen molar-refractivity contribution in [2.75, 3.05) is 6.54 Å². The minimum atomic E-state index is -0.421. The minimum absolute atomic E-state index is 0.0523. The summed E-state index contributed by atoms with van der Waals surface area (Å²) < 4.78 is 5.80. The van der Waals surface area contributed by atoms with E-state index < -0.39 is 4.92 Å². The first-order valence-corrected chi connectivity index (χ1v) is 9.26. The van der Waals surface area contributed by atoms with E-state index in [4.69, 9.17) is 4.74 Å². The molecular weight excluding hydrogens is 342 g/mol. The number of para-hydroxylation sites is 1. The molecule has 1 aliphatic heterocycles. The molecule has 1 fully saturated rings. The molecule has 2 N–H and O–H groups in total. The van der Waals surface area contributed by atoms with Crippen molar-refractivity contribution in [3.8, 4) is 11.5 Å². The Balaban J connectivity index is 1.85. The van der Waals surface area contributed by atoms with Crippen molar-refractivity contribution in [2.45, 2.75) is 38.8 Å². The summed E-state index contributed by atoms with van der Waals surface area (Å²) in [4.78, 5) is 11.0. The van der Waals surface area contributed by atoms with Gasteiger partial charge in [-0.25, -0.2) is 0 Å². The third-order valence-corrected chi connectivity index (χ3v) is 4.81. The van der Waals surface area contributed by atoms with Crippen molar-refractivity contribution < 1.29 is 9.66 Å². The van der Waals surface area contributed by atoms with Crippen LogP contribution in [0.25, 0.3) is 5.70 Å². The number of benzene rings is 2. The lowest BCUT2D eigenvalue weighted by molar-refractivity contribution is -0.385. The van der Waals surface area contributed by atoms with Crippen molar-refractivity contribution in [3.05, 3.63) is 70.3 Å². The second kappa shape index (κ2) is 8.68. The van der Waals surface area contributed by atoms with Gasteiger partial charge >= 0.3 is 5.69 Å². The number of nitro groups is 1. The molecule has 0 aromatic heterocycles. The fourth-order valence-electron chi connectivity index (χ4n) is 3.35. The predicted octanol–water partition coefficient (Wildman–Crippen LogP) is 4.48. The standard InChI is InChI=1S/C21H25N3O3/c1-3-18(23-15(2)19-10-7-13-22-19)16-11-12-20(24(25)26)21(14-16)27-17-8-5-4-6-9-17/h3-6,8-9,11-12,14-15,19,22-23H,7,10,13H2,1-2H3/b18-3-/t15?,19-/m0/s1. The maximum absolute atomic E-state index is 11.4. The predicted molar refractivity (Wildman–Crippen MR) is 107 cm³/mol. The van der Waals surface area contributed by atoms with Gasteiger partial charge in [0.15, 0.2) is 0 Å². The molecule has 142 valence electrons. The topological polar surface area (TPSA) is 76.4 Å². The molecule has 0 amide bonds. The summed E-state index contributed by atoms with van der Waals surface area (Å²) in [7, 11) is 0.